The lowest BCUT2D eigenvalue weighted by atomic mass is 9.93. The number of anilines is 1. The number of nitrogens with zero attached hydrogens (tertiary/aromatic N) is 2. The number of nitrogens with one attached hydrogen (secondary N) is 1. The minimum absolute atomic E-state index is 0.0518. The zero-order valence-electron chi connectivity index (χ0n) is 13.5. The Kier molecular flexibility index (Phi) is 4.50. The van der Waals surface area contributed by atoms with Gasteiger partial charge in [-0.25, -0.2) is 9.37 Å². The van der Waals surface area contributed by atoms with Crippen LogP contribution in [-0.4, -0.2) is 27.2 Å². The summed E-state index contributed by atoms with van der Waals surface area (Å²) in [6.45, 7) is 0. The van der Waals surface area contributed by atoms with E-state index in [-0.39, 0.29) is 17.9 Å². The summed E-state index contributed by atoms with van der Waals surface area (Å²) in [7, 11) is 0. The maximum atomic E-state index is 13.7. The average Bonchev–Trinajstić information content (AvgIpc) is 3.01. The van der Waals surface area contributed by atoms with Crippen LogP contribution in [0.15, 0.2) is 36.7 Å². The summed E-state index contributed by atoms with van der Waals surface area (Å²) in [6.07, 6.45) is 6.26. The van der Waals surface area contributed by atoms with Crippen LogP contribution < -0.4 is 10.1 Å². The summed E-state index contributed by atoms with van der Waals surface area (Å²) >= 11 is 1.50. The minimum atomic E-state index is -0.499. The van der Waals surface area contributed by atoms with Crippen LogP contribution in [0.2, 0.25) is 0 Å². The number of aromatic nitrogens is 2. The quantitative estimate of drug-likeness (QED) is 0.725. The number of hydrogen-bond acceptors (Lipinski definition) is 6. The molecule has 1 aromatic carbocycles. The second kappa shape index (κ2) is 6.93. The number of rotatable bonds is 4. The predicted octanol–water partition coefficient (Wildman–Crippen LogP) is 4.34. The molecule has 4 rings (SSSR count). The summed E-state index contributed by atoms with van der Waals surface area (Å²) in [5.74, 6) is 0.189. The van der Waals surface area contributed by atoms with Gasteiger partial charge in [0.05, 0.1) is 28.6 Å². The largest absolute Gasteiger partial charge is 0.454 e. The monoisotopic (exact) mass is 359 g/mol. The van der Waals surface area contributed by atoms with Crippen molar-refractivity contribution in [3.8, 4) is 11.5 Å². The molecule has 2 atom stereocenters. The number of pyridine rings is 1. The standard InChI is InChI=1S/C18H18FN3O2S/c19-12-10-20-8-7-16(12)24-11-5-6-14-17(9-11)25-18(22-14)21-13-3-1-2-4-15(13)23/h5-10,13,15,23H,1-4H2,(H,21,22)/t13-,15-/m1/s1. The van der Waals surface area contributed by atoms with Gasteiger partial charge in [-0.05, 0) is 25.0 Å². The number of halogens is 1. The fraction of sp³-hybridized carbons (Fsp3) is 0.333. The molecule has 3 aromatic rings. The molecule has 5 nitrogen and oxygen atoms in total. The summed E-state index contributed by atoms with van der Waals surface area (Å²) < 4.78 is 20.2. The second-order valence-corrected chi connectivity index (χ2v) is 7.19. The molecular weight excluding hydrogens is 341 g/mol. The van der Waals surface area contributed by atoms with Gasteiger partial charge in [0.2, 0.25) is 0 Å². The van der Waals surface area contributed by atoms with Gasteiger partial charge in [-0.1, -0.05) is 24.2 Å². The van der Waals surface area contributed by atoms with E-state index < -0.39 is 5.82 Å². The minimum Gasteiger partial charge on any atom is -0.454 e. The van der Waals surface area contributed by atoms with Crippen LogP contribution in [0.4, 0.5) is 9.52 Å². The Labute approximate surface area is 148 Å². The highest BCUT2D eigenvalue weighted by Gasteiger charge is 2.23. The van der Waals surface area contributed by atoms with E-state index in [0.717, 1.165) is 47.2 Å². The topological polar surface area (TPSA) is 67.3 Å². The first-order chi connectivity index (χ1) is 12.2. The molecule has 0 bridgehead atoms. The molecule has 2 heterocycles. The van der Waals surface area contributed by atoms with Gasteiger partial charge in [-0.15, -0.1) is 0 Å². The number of aliphatic hydroxyl groups excluding tert-OH is 1. The summed E-state index contributed by atoms with van der Waals surface area (Å²) in [5, 5.41) is 14.2. The highest BCUT2D eigenvalue weighted by molar-refractivity contribution is 7.22. The first-order valence-electron chi connectivity index (χ1n) is 8.31. The lowest BCUT2D eigenvalue weighted by molar-refractivity contribution is 0.116. The Morgan fingerprint density at radius 2 is 2.12 bits per heavy atom. The normalized spacial score (nSPS) is 20.6. The molecule has 25 heavy (non-hydrogen) atoms. The lowest BCUT2D eigenvalue weighted by Gasteiger charge is -2.27. The second-order valence-electron chi connectivity index (χ2n) is 6.16. The SMILES string of the molecule is O[C@@H]1CCCC[C@H]1Nc1nc2ccc(Oc3ccncc3F)cc2s1. The zero-order valence-corrected chi connectivity index (χ0v) is 14.3. The van der Waals surface area contributed by atoms with E-state index in [1.54, 1.807) is 6.07 Å². The Balaban J connectivity index is 1.54. The van der Waals surface area contributed by atoms with Crippen molar-refractivity contribution in [2.75, 3.05) is 5.32 Å². The third-order valence-electron chi connectivity index (χ3n) is 4.36. The van der Waals surface area contributed by atoms with E-state index in [1.165, 1.54) is 23.6 Å². The first kappa shape index (κ1) is 16.2. The van der Waals surface area contributed by atoms with Crippen LogP contribution in [0.5, 0.6) is 11.5 Å². The van der Waals surface area contributed by atoms with Crippen LogP contribution in [0.1, 0.15) is 25.7 Å². The molecule has 7 heteroatoms. The van der Waals surface area contributed by atoms with Gasteiger partial charge in [-0.3, -0.25) is 4.98 Å². The highest BCUT2D eigenvalue weighted by Crippen LogP contribution is 2.33. The van der Waals surface area contributed by atoms with Gasteiger partial charge in [0.25, 0.3) is 0 Å². The third kappa shape index (κ3) is 3.57. The molecule has 0 saturated heterocycles. The van der Waals surface area contributed by atoms with Crippen molar-refractivity contribution in [2.45, 2.75) is 37.8 Å². The Bertz CT molecular complexity index is 886. The van der Waals surface area contributed by atoms with Crippen LogP contribution >= 0.6 is 11.3 Å². The molecule has 1 fully saturated rings. The number of benzene rings is 1. The van der Waals surface area contributed by atoms with Gasteiger partial charge in [0.15, 0.2) is 16.7 Å². The molecule has 1 saturated carbocycles. The fourth-order valence-electron chi connectivity index (χ4n) is 3.04. The van der Waals surface area contributed by atoms with Crippen LogP contribution in [-0.2, 0) is 0 Å². The molecule has 2 aromatic heterocycles. The van der Waals surface area contributed by atoms with Crippen molar-refractivity contribution in [1.29, 1.82) is 0 Å². The lowest BCUT2D eigenvalue weighted by Crippen LogP contribution is -2.36. The zero-order chi connectivity index (χ0) is 17.2. The molecule has 1 aliphatic rings. The molecule has 1 aliphatic carbocycles. The van der Waals surface area contributed by atoms with Crippen LogP contribution in [0, 0.1) is 5.82 Å². The predicted molar refractivity (Wildman–Crippen MR) is 95.8 cm³/mol. The van der Waals surface area contributed by atoms with Crippen molar-refractivity contribution < 1.29 is 14.2 Å². The molecule has 0 amide bonds. The molecular formula is C18H18FN3O2S. The van der Waals surface area contributed by atoms with Crippen molar-refractivity contribution in [3.63, 3.8) is 0 Å². The summed E-state index contributed by atoms with van der Waals surface area (Å²) in [6, 6.07) is 7.00. The van der Waals surface area contributed by atoms with Crippen LogP contribution in [0.3, 0.4) is 0 Å². The molecule has 0 radical (unpaired) electrons. The molecule has 0 spiro atoms. The molecule has 0 aliphatic heterocycles. The Morgan fingerprint density at radius 1 is 1.24 bits per heavy atom. The van der Waals surface area contributed by atoms with Gasteiger partial charge >= 0.3 is 0 Å². The van der Waals surface area contributed by atoms with Crippen molar-refractivity contribution in [3.05, 3.63) is 42.5 Å². The smallest absolute Gasteiger partial charge is 0.184 e. The Morgan fingerprint density at radius 3 is 2.96 bits per heavy atom. The van der Waals surface area contributed by atoms with E-state index >= 15 is 0 Å². The highest BCUT2D eigenvalue weighted by atomic mass is 32.1. The third-order valence-corrected chi connectivity index (χ3v) is 5.31. The van der Waals surface area contributed by atoms with Gasteiger partial charge in [-0.2, -0.15) is 0 Å². The number of aliphatic hydroxyl groups is 1. The van der Waals surface area contributed by atoms with E-state index in [4.69, 9.17) is 4.74 Å². The molecule has 130 valence electrons. The summed E-state index contributed by atoms with van der Waals surface area (Å²) in [5.41, 5.74) is 0.848. The van der Waals surface area contributed by atoms with Crippen molar-refractivity contribution in [2.24, 2.45) is 0 Å². The van der Waals surface area contributed by atoms with Crippen molar-refractivity contribution in [1.82, 2.24) is 9.97 Å². The Hall–Kier alpha value is -2.25. The number of hydrogen-bond donors (Lipinski definition) is 2. The van der Waals surface area contributed by atoms with E-state index in [1.807, 2.05) is 12.1 Å². The van der Waals surface area contributed by atoms with E-state index in [2.05, 4.69) is 15.3 Å². The number of thiazole rings is 1. The number of fused-ring (bicyclic) bond motifs is 1. The van der Waals surface area contributed by atoms with E-state index in [0.29, 0.717) is 5.75 Å². The fourth-order valence-corrected chi connectivity index (χ4v) is 4.00. The van der Waals surface area contributed by atoms with Crippen LogP contribution in [0.25, 0.3) is 10.2 Å². The first-order valence-corrected chi connectivity index (χ1v) is 9.13. The van der Waals surface area contributed by atoms with Gasteiger partial charge in [0.1, 0.15) is 5.75 Å². The van der Waals surface area contributed by atoms with Gasteiger partial charge < -0.3 is 15.2 Å². The van der Waals surface area contributed by atoms with Gasteiger partial charge in [0, 0.05) is 18.3 Å². The van der Waals surface area contributed by atoms with Crippen molar-refractivity contribution >= 4 is 26.7 Å². The average molecular weight is 359 g/mol. The maximum absolute atomic E-state index is 13.7. The molecule has 0 unspecified atom stereocenters. The van der Waals surface area contributed by atoms with E-state index in [9.17, 15) is 9.50 Å². The summed E-state index contributed by atoms with van der Waals surface area (Å²) in [4.78, 5) is 8.27. The molecule has 2 N–H and O–H groups in total. The number of ether oxygens (including phenoxy) is 1. The maximum Gasteiger partial charge on any atom is 0.184 e.